The molecular formula is C10H18F3NO3. The number of carbonyl (C=O) groups excluding carboxylic acids is 1. The van der Waals surface area contributed by atoms with Gasteiger partial charge in [-0.3, -0.25) is 0 Å². The maximum absolute atomic E-state index is 12.4. The van der Waals surface area contributed by atoms with Crippen molar-refractivity contribution in [3.05, 3.63) is 0 Å². The number of hydrogen-bond acceptors (Lipinski definition) is 3. The summed E-state index contributed by atoms with van der Waals surface area (Å²) in [7, 11) is 0. The maximum Gasteiger partial charge on any atom is 0.407 e. The summed E-state index contributed by atoms with van der Waals surface area (Å²) in [5.41, 5.74) is -0.800. The summed E-state index contributed by atoms with van der Waals surface area (Å²) in [5.74, 6) is -1.85. The Hall–Kier alpha value is -0.980. The average molecular weight is 257 g/mol. The van der Waals surface area contributed by atoms with Gasteiger partial charge in [0.1, 0.15) is 5.60 Å². The highest BCUT2D eigenvalue weighted by molar-refractivity contribution is 5.68. The smallest absolute Gasteiger partial charge is 0.407 e. The van der Waals surface area contributed by atoms with Crippen molar-refractivity contribution in [2.45, 2.75) is 45.5 Å². The Bertz CT molecular complexity index is 261. The Morgan fingerprint density at radius 1 is 1.35 bits per heavy atom. The van der Waals surface area contributed by atoms with Gasteiger partial charge >= 0.3 is 12.3 Å². The molecule has 0 bridgehead atoms. The van der Waals surface area contributed by atoms with Gasteiger partial charge in [-0.25, -0.2) is 4.79 Å². The van der Waals surface area contributed by atoms with E-state index in [1.165, 1.54) is 0 Å². The maximum atomic E-state index is 12.4. The number of nitrogens with one attached hydrogen (secondary N) is 1. The molecule has 2 atom stereocenters. The van der Waals surface area contributed by atoms with E-state index >= 15 is 0 Å². The third-order valence-electron chi connectivity index (χ3n) is 2.02. The van der Waals surface area contributed by atoms with Gasteiger partial charge in [-0.05, 0) is 20.8 Å². The molecule has 0 aliphatic heterocycles. The third kappa shape index (κ3) is 6.35. The molecule has 0 rings (SSSR count). The molecule has 2 N–H and O–H groups in total. The van der Waals surface area contributed by atoms with Crippen LogP contribution >= 0.6 is 0 Å². The van der Waals surface area contributed by atoms with Crippen molar-refractivity contribution in [2.24, 2.45) is 5.92 Å². The van der Waals surface area contributed by atoms with Crippen molar-refractivity contribution in [3.8, 4) is 0 Å². The van der Waals surface area contributed by atoms with E-state index in [1.807, 2.05) is 5.32 Å². The predicted molar refractivity (Wildman–Crippen MR) is 55.5 cm³/mol. The molecule has 0 heterocycles. The Morgan fingerprint density at radius 3 is 2.12 bits per heavy atom. The normalized spacial score (nSPS) is 16.2. The molecule has 0 aliphatic carbocycles. The quantitative estimate of drug-likeness (QED) is 0.813. The lowest BCUT2D eigenvalue weighted by Crippen LogP contribution is -2.48. The number of alkyl carbamates (subject to hydrolysis) is 1. The zero-order valence-electron chi connectivity index (χ0n) is 10.3. The lowest BCUT2D eigenvalue weighted by atomic mass is 10.0. The van der Waals surface area contributed by atoms with Crippen LogP contribution in [0.3, 0.4) is 0 Å². The topological polar surface area (TPSA) is 58.6 Å². The molecule has 0 spiro atoms. The van der Waals surface area contributed by atoms with Gasteiger partial charge in [-0.15, -0.1) is 0 Å². The van der Waals surface area contributed by atoms with Crippen molar-refractivity contribution < 1.29 is 27.8 Å². The van der Waals surface area contributed by atoms with Crippen LogP contribution in [0.2, 0.25) is 0 Å². The molecule has 4 nitrogen and oxygen atoms in total. The SMILES string of the molecule is CC(C(CO)NC(=O)OC(C)(C)C)C(F)(F)F. The van der Waals surface area contributed by atoms with Crippen LogP contribution in [-0.4, -0.2) is 35.6 Å². The van der Waals surface area contributed by atoms with Gasteiger partial charge in [0.25, 0.3) is 0 Å². The van der Waals surface area contributed by atoms with Crippen LogP contribution < -0.4 is 5.32 Å². The summed E-state index contributed by atoms with van der Waals surface area (Å²) in [6.45, 7) is 4.85. The minimum Gasteiger partial charge on any atom is -0.444 e. The highest BCUT2D eigenvalue weighted by Crippen LogP contribution is 2.28. The van der Waals surface area contributed by atoms with Crippen LogP contribution in [0.4, 0.5) is 18.0 Å². The summed E-state index contributed by atoms with van der Waals surface area (Å²) in [6.07, 6.45) is -5.46. The number of aliphatic hydroxyl groups is 1. The van der Waals surface area contributed by atoms with Gasteiger partial charge in [-0.2, -0.15) is 13.2 Å². The summed E-state index contributed by atoms with van der Waals surface area (Å²) in [5, 5.41) is 10.8. The van der Waals surface area contributed by atoms with Crippen LogP contribution in [0, 0.1) is 5.92 Å². The third-order valence-corrected chi connectivity index (χ3v) is 2.02. The number of carbonyl (C=O) groups is 1. The van der Waals surface area contributed by atoms with Crippen LogP contribution in [-0.2, 0) is 4.74 Å². The standard InChI is InChI=1S/C10H18F3NO3/c1-6(10(11,12)13)7(5-15)14-8(16)17-9(2,3)4/h6-7,15H,5H2,1-4H3,(H,14,16). The fourth-order valence-electron chi connectivity index (χ4n) is 1.02. The minimum absolute atomic E-state index is 0.800. The van der Waals surface area contributed by atoms with E-state index in [2.05, 4.69) is 0 Å². The van der Waals surface area contributed by atoms with E-state index in [4.69, 9.17) is 9.84 Å². The molecule has 0 fully saturated rings. The number of aliphatic hydroxyl groups excluding tert-OH is 1. The Balaban J connectivity index is 4.47. The van der Waals surface area contributed by atoms with Crippen LogP contribution in [0.25, 0.3) is 0 Å². The van der Waals surface area contributed by atoms with E-state index in [1.54, 1.807) is 20.8 Å². The molecule has 0 aliphatic rings. The molecule has 0 saturated carbocycles. The second-order valence-corrected chi connectivity index (χ2v) is 4.77. The first kappa shape index (κ1) is 16.0. The second kappa shape index (κ2) is 5.57. The zero-order valence-corrected chi connectivity index (χ0v) is 10.3. The molecule has 0 aromatic carbocycles. The second-order valence-electron chi connectivity index (χ2n) is 4.77. The van der Waals surface area contributed by atoms with Crippen molar-refractivity contribution in [1.29, 1.82) is 0 Å². The molecule has 0 saturated heterocycles. The fourth-order valence-corrected chi connectivity index (χ4v) is 1.02. The molecule has 7 heteroatoms. The van der Waals surface area contributed by atoms with E-state index in [9.17, 15) is 18.0 Å². The molecule has 0 aromatic rings. The van der Waals surface area contributed by atoms with Crippen LogP contribution in [0.15, 0.2) is 0 Å². The highest BCUT2D eigenvalue weighted by atomic mass is 19.4. The summed E-state index contributed by atoms with van der Waals surface area (Å²) in [4.78, 5) is 11.2. The van der Waals surface area contributed by atoms with Crippen molar-refractivity contribution >= 4 is 6.09 Å². The van der Waals surface area contributed by atoms with Gasteiger partial charge in [0, 0.05) is 0 Å². The Labute approximate surface area is 98.1 Å². The first-order chi connectivity index (χ1) is 7.47. The summed E-state index contributed by atoms with van der Waals surface area (Å²) in [6, 6.07) is -1.41. The number of amides is 1. The Kier molecular flexibility index (Phi) is 5.25. The van der Waals surface area contributed by atoms with E-state index in [0.717, 1.165) is 6.92 Å². The predicted octanol–water partition coefficient (Wildman–Crippen LogP) is 2.07. The number of alkyl halides is 3. The lowest BCUT2D eigenvalue weighted by Gasteiger charge is -2.27. The zero-order chi connectivity index (χ0) is 13.9. The number of halogens is 3. The largest absolute Gasteiger partial charge is 0.444 e. The van der Waals surface area contributed by atoms with Gasteiger partial charge in [0.2, 0.25) is 0 Å². The van der Waals surface area contributed by atoms with Crippen LogP contribution in [0.1, 0.15) is 27.7 Å². The van der Waals surface area contributed by atoms with E-state index < -0.39 is 36.4 Å². The highest BCUT2D eigenvalue weighted by Gasteiger charge is 2.42. The average Bonchev–Trinajstić information content (AvgIpc) is 2.08. The molecular weight excluding hydrogens is 239 g/mol. The number of rotatable bonds is 3. The van der Waals surface area contributed by atoms with Gasteiger partial charge in [0.15, 0.2) is 0 Å². The fraction of sp³-hybridized carbons (Fsp3) is 0.900. The minimum atomic E-state index is -4.48. The van der Waals surface area contributed by atoms with Gasteiger partial charge < -0.3 is 15.2 Å². The van der Waals surface area contributed by atoms with E-state index in [-0.39, 0.29) is 0 Å². The lowest BCUT2D eigenvalue weighted by molar-refractivity contribution is -0.179. The first-order valence-electron chi connectivity index (χ1n) is 5.14. The molecule has 17 heavy (non-hydrogen) atoms. The van der Waals surface area contributed by atoms with Crippen molar-refractivity contribution in [2.75, 3.05) is 6.61 Å². The van der Waals surface area contributed by atoms with Crippen LogP contribution in [0.5, 0.6) is 0 Å². The monoisotopic (exact) mass is 257 g/mol. The van der Waals surface area contributed by atoms with Crippen molar-refractivity contribution in [3.63, 3.8) is 0 Å². The first-order valence-corrected chi connectivity index (χ1v) is 5.14. The molecule has 0 radical (unpaired) electrons. The van der Waals surface area contributed by atoms with Crippen molar-refractivity contribution in [1.82, 2.24) is 5.32 Å². The molecule has 1 amide bonds. The van der Waals surface area contributed by atoms with Gasteiger partial charge in [0.05, 0.1) is 18.6 Å². The summed E-state index contributed by atoms with van der Waals surface area (Å²) >= 11 is 0. The Morgan fingerprint density at radius 2 is 1.82 bits per heavy atom. The molecule has 2 unspecified atom stereocenters. The van der Waals surface area contributed by atoms with Gasteiger partial charge in [-0.1, -0.05) is 6.92 Å². The number of ether oxygens (including phenoxy) is 1. The van der Waals surface area contributed by atoms with E-state index in [0.29, 0.717) is 0 Å². The number of hydrogen-bond donors (Lipinski definition) is 2. The molecule has 0 aromatic heterocycles. The molecule has 102 valence electrons. The summed E-state index contributed by atoms with van der Waals surface area (Å²) < 4.78 is 41.9.